The Morgan fingerprint density at radius 1 is 1.33 bits per heavy atom. The average molecular weight is 376 g/mol. The number of benzene rings is 1. The molecule has 3 N–H and O–H groups in total. The summed E-state index contributed by atoms with van der Waals surface area (Å²) in [6.07, 6.45) is 2.50. The molecule has 112 valence electrons. The Balaban J connectivity index is 2.21. The third-order valence-electron chi connectivity index (χ3n) is 2.41. The minimum absolute atomic E-state index is 0.233. The summed E-state index contributed by atoms with van der Waals surface area (Å²) >= 11 is 3.20. The normalized spacial score (nSPS) is 11.2. The summed E-state index contributed by atoms with van der Waals surface area (Å²) in [7, 11) is -3.61. The van der Waals surface area contributed by atoms with E-state index in [9.17, 15) is 17.6 Å². The predicted octanol–water partition coefficient (Wildman–Crippen LogP) is 2.54. The second kappa shape index (κ2) is 5.86. The van der Waals surface area contributed by atoms with E-state index in [0.29, 0.717) is 10.2 Å². The summed E-state index contributed by atoms with van der Waals surface area (Å²) in [4.78, 5) is 14.7. The lowest BCUT2D eigenvalue weighted by molar-refractivity contribution is 0.102. The van der Waals surface area contributed by atoms with Gasteiger partial charge in [0.2, 0.25) is 10.0 Å². The first-order valence-electron chi connectivity index (χ1n) is 5.67. The monoisotopic (exact) mass is 375 g/mol. The molecule has 0 aliphatic carbocycles. The van der Waals surface area contributed by atoms with Gasteiger partial charge < -0.3 is 10.3 Å². The van der Waals surface area contributed by atoms with Crippen LogP contribution in [0, 0.1) is 5.82 Å². The molecule has 0 atom stereocenters. The second-order valence-corrected chi connectivity index (χ2v) is 6.92. The molecule has 0 aliphatic heterocycles. The van der Waals surface area contributed by atoms with E-state index in [2.05, 4.69) is 26.2 Å². The van der Waals surface area contributed by atoms with Crippen LogP contribution >= 0.6 is 15.9 Å². The number of aromatic amines is 1. The van der Waals surface area contributed by atoms with Gasteiger partial charge in [0.1, 0.15) is 11.5 Å². The highest BCUT2D eigenvalue weighted by atomic mass is 79.9. The Hall–Kier alpha value is -1.87. The maximum Gasteiger partial charge on any atom is 0.272 e. The van der Waals surface area contributed by atoms with E-state index in [-0.39, 0.29) is 11.4 Å². The molecular weight excluding hydrogens is 365 g/mol. The quantitative estimate of drug-likeness (QED) is 0.766. The fourth-order valence-corrected chi connectivity index (χ4v) is 2.48. The van der Waals surface area contributed by atoms with Crippen molar-refractivity contribution in [1.29, 1.82) is 0 Å². The van der Waals surface area contributed by atoms with Gasteiger partial charge in [0, 0.05) is 16.4 Å². The number of amides is 1. The number of rotatable bonds is 4. The van der Waals surface area contributed by atoms with Crippen molar-refractivity contribution in [2.24, 2.45) is 0 Å². The number of carbonyl (C=O) groups is 1. The van der Waals surface area contributed by atoms with Gasteiger partial charge in [-0.25, -0.2) is 12.8 Å². The predicted molar refractivity (Wildman–Crippen MR) is 81.3 cm³/mol. The maximum absolute atomic E-state index is 13.5. The van der Waals surface area contributed by atoms with Crippen LogP contribution in [0.4, 0.5) is 15.8 Å². The number of nitrogens with one attached hydrogen (secondary N) is 3. The molecule has 2 aromatic rings. The smallest absolute Gasteiger partial charge is 0.272 e. The van der Waals surface area contributed by atoms with Gasteiger partial charge in [0.25, 0.3) is 5.91 Å². The zero-order valence-corrected chi connectivity index (χ0v) is 13.2. The van der Waals surface area contributed by atoms with Crippen molar-refractivity contribution in [2.75, 3.05) is 16.3 Å². The van der Waals surface area contributed by atoms with Crippen molar-refractivity contribution < 1.29 is 17.6 Å². The van der Waals surface area contributed by atoms with Gasteiger partial charge in [-0.15, -0.1) is 0 Å². The van der Waals surface area contributed by atoms with E-state index < -0.39 is 21.7 Å². The summed E-state index contributed by atoms with van der Waals surface area (Å²) < 4.78 is 38.5. The van der Waals surface area contributed by atoms with Crippen molar-refractivity contribution in [3.8, 4) is 0 Å². The van der Waals surface area contributed by atoms with E-state index >= 15 is 0 Å². The molecule has 1 heterocycles. The molecule has 2 rings (SSSR count). The summed E-state index contributed by atoms with van der Waals surface area (Å²) in [5.41, 5.74) is 0.338. The number of halogens is 2. The first-order chi connectivity index (χ1) is 9.74. The van der Waals surface area contributed by atoms with Crippen LogP contribution in [0.25, 0.3) is 0 Å². The largest absolute Gasteiger partial charge is 0.356 e. The summed E-state index contributed by atoms with van der Waals surface area (Å²) in [5, 5.41) is 2.53. The third kappa shape index (κ3) is 4.30. The molecule has 9 heteroatoms. The maximum atomic E-state index is 13.5. The molecule has 0 radical (unpaired) electrons. The van der Waals surface area contributed by atoms with Crippen LogP contribution < -0.4 is 10.0 Å². The number of hydrogen-bond donors (Lipinski definition) is 3. The summed E-state index contributed by atoms with van der Waals surface area (Å²) in [5.74, 6) is -1.17. The van der Waals surface area contributed by atoms with Gasteiger partial charge in [0.15, 0.2) is 0 Å². The number of carbonyl (C=O) groups excluding carboxylic acids is 1. The zero-order valence-electron chi connectivity index (χ0n) is 10.8. The van der Waals surface area contributed by atoms with E-state index in [1.807, 2.05) is 4.72 Å². The Bertz CT molecular complexity index is 789. The fourth-order valence-electron chi connectivity index (χ4n) is 1.58. The first-order valence-corrected chi connectivity index (χ1v) is 8.35. The third-order valence-corrected chi connectivity index (χ3v) is 3.46. The lowest BCUT2D eigenvalue weighted by atomic mass is 10.2. The van der Waals surface area contributed by atoms with Crippen LogP contribution in [-0.4, -0.2) is 25.6 Å². The highest BCUT2D eigenvalue weighted by Crippen LogP contribution is 2.21. The van der Waals surface area contributed by atoms with Gasteiger partial charge in [-0.1, -0.05) is 0 Å². The van der Waals surface area contributed by atoms with E-state index in [0.717, 1.165) is 12.3 Å². The number of H-pyrrole nitrogens is 1. The SMILES string of the molecule is CS(=O)(=O)Nc1cc(NC(=O)c2cc(Br)c[nH]2)ccc1F. The number of sulfonamides is 1. The molecule has 21 heavy (non-hydrogen) atoms. The number of hydrogen-bond acceptors (Lipinski definition) is 3. The minimum Gasteiger partial charge on any atom is -0.356 e. The molecule has 0 bridgehead atoms. The first kappa shape index (κ1) is 15.5. The van der Waals surface area contributed by atoms with Crippen LogP contribution in [0.15, 0.2) is 34.9 Å². The molecule has 6 nitrogen and oxygen atoms in total. The van der Waals surface area contributed by atoms with Crippen LogP contribution in [0.2, 0.25) is 0 Å². The molecule has 0 unspecified atom stereocenters. The second-order valence-electron chi connectivity index (χ2n) is 4.25. The molecule has 0 spiro atoms. The molecule has 1 amide bonds. The van der Waals surface area contributed by atoms with E-state index in [4.69, 9.17) is 0 Å². The highest BCUT2D eigenvalue weighted by molar-refractivity contribution is 9.10. The van der Waals surface area contributed by atoms with Crippen LogP contribution in [-0.2, 0) is 10.0 Å². The Morgan fingerprint density at radius 3 is 2.62 bits per heavy atom. The van der Waals surface area contributed by atoms with Gasteiger partial charge in [-0.05, 0) is 40.2 Å². The standard InChI is InChI=1S/C12H11BrFN3O3S/c1-21(19,20)17-10-5-8(2-3-9(10)14)16-12(18)11-4-7(13)6-15-11/h2-6,15,17H,1H3,(H,16,18). The molecule has 1 aromatic carbocycles. The van der Waals surface area contributed by atoms with Crippen molar-refractivity contribution in [1.82, 2.24) is 4.98 Å². The van der Waals surface area contributed by atoms with Crippen molar-refractivity contribution >= 4 is 43.2 Å². The molecule has 0 fully saturated rings. The summed E-state index contributed by atoms with van der Waals surface area (Å²) in [6.45, 7) is 0. The fraction of sp³-hybridized carbons (Fsp3) is 0.0833. The molecule has 0 saturated heterocycles. The zero-order chi connectivity index (χ0) is 15.6. The van der Waals surface area contributed by atoms with Gasteiger partial charge in [-0.2, -0.15) is 0 Å². The van der Waals surface area contributed by atoms with Gasteiger partial charge in [-0.3, -0.25) is 9.52 Å². The molecule has 0 aliphatic rings. The Morgan fingerprint density at radius 2 is 2.05 bits per heavy atom. The van der Waals surface area contributed by atoms with Gasteiger partial charge >= 0.3 is 0 Å². The van der Waals surface area contributed by atoms with Crippen LogP contribution in [0.1, 0.15) is 10.5 Å². The van der Waals surface area contributed by atoms with Crippen molar-refractivity contribution in [2.45, 2.75) is 0 Å². The topological polar surface area (TPSA) is 91.1 Å². The average Bonchev–Trinajstić information content (AvgIpc) is 2.78. The molecule has 1 aromatic heterocycles. The Labute approximate surface area is 128 Å². The minimum atomic E-state index is -3.61. The van der Waals surface area contributed by atoms with Crippen molar-refractivity contribution in [3.05, 3.63) is 46.4 Å². The lowest BCUT2D eigenvalue weighted by Crippen LogP contribution is -2.14. The summed E-state index contributed by atoms with van der Waals surface area (Å²) in [6, 6.07) is 5.17. The molecule has 0 saturated carbocycles. The van der Waals surface area contributed by atoms with Crippen LogP contribution in [0.3, 0.4) is 0 Å². The lowest BCUT2D eigenvalue weighted by Gasteiger charge is -2.09. The number of anilines is 2. The Kier molecular flexibility index (Phi) is 4.33. The molecular formula is C12H11BrFN3O3S. The highest BCUT2D eigenvalue weighted by Gasteiger charge is 2.12. The van der Waals surface area contributed by atoms with E-state index in [1.165, 1.54) is 12.1 Å². The van der Waals surface area contributed by atoms with Crippen LogP contribution in [0.5, 0.6) is 0 Å². The number of aromatic nitrogens is 1. The van der Waals surface area contributed by atoms with Crippen molar-refractivity contribution in [3.63, 3.8) is 0 Å². The van der Waals surface area contributed by atoms with E-state index in [1.54, 1.807) is 12.3 Å². The van der Waals surface area contributed by atoms with Gasteiger partial charge in [0.05, 0.1) is 11.9 Å².